The zero-order chi connectivity index (χ0) is 10.6. The molecule has 0 aliphatic heterocycles. The molecule has 0 aliphatic rings. The quantitative estimate of drug-likeness (QED) is 0.869. The Hall–Kier alpha value is -0.510. The molecular weight excluding hydrogens is 244 g/mol. The number of aromatic nitrogens is 2. The van der Waals surface area contributed by atoms with E-state index >= 15 is 0 Å². The van der Waals surface area contributed by atoms with Gasteiger partial charge in [0, 0.05) is 6.54 Å². The highest BCUT2D eigenvalue weighted by atomic mass is 79.9. The molecular formula is C10H17BrN2O. The Morgan fingerprint density at radius 1 is 1.36 bits per heavy atom. The Labute approximate surface area is 92.6 Å². The number of rotatable bonds is 5. The summed E-state index contributed by atoms with van der Waals surface area (Å²) in [7, 11) is 0. The monoisotopic (exact) mass is 260 g/mol. The largest absolute Gasteiger partial charge is 0.299 e. The van der Waals surface area contributed by atoms with Crippen LogP contribution in [0.25, 0.3) is 0 Å². The number of H-pyrrole nitrogens is 1. The Morgan fingerprint density at radius 3 is 2.64 bits per heavy atom. The second-order valence-electron chi connectivity index (χ2n) is 3.46. The van der Waals surface area contributed by atoms with Gasteiger partial charge in [0.25, 0.3) is 5.56 Å². The van der Waals surface area contributed by atoms with Gasteiger partial charge in [-0.05, 0) is 28.8 Å². The molecule has 1 aromatic rings. The maximum absolute atomic E-state index is 11.7. The molecule has 0 atom stereocenters. The summed E-state index contributed by atoms with van der Waals surface area (Å²) in [5.74, 6) is 0. The van der Waals surface area contributed by atoms with E-state index in [0.29, 0.717) is 4.47 Å². The fourth-order valence-corrected chi connectivity index (χ4v) is 1.90. The number of aryl methyl sites for hydroxylation is 2. The number of hydrogen-bond acceptors (Lipinski definition) is 1. The molecule has 0 unspecified atom stereocenters. The number of halogens is 1. The minimum Gasteiger partial charge on any atom is -0.299 e. The Balaban J connectivity index is 2.85. The average molecular weight is 261 g/mol. The standard InChI is InChI=1S/C10H17BrN2O/c1-3-5-7-13-10(14)9(11)8(12-13)6-4-2/h12H,3-7H2,1-2H3. The topological polar surface area (TPSA) is 37.8 Å². The van der Waals surface area contributed by atoms with Crippen molar-refractivity contribution in [3.05, 3.63) is 20.5 Å². The van der Waals surface area contributed by atoms with E-state index in [4.69, 9.17) is 0 Å². The van der Waals surface area contributed by atoms with Crippen molar-refractivity contribution >= 4 is 15.9 Å². The molecule has 14 heavy (non-hydrogen) atoms. The van der Waals surface area contributed by atoms with Crippen LogP contribution in [0.3, 0.4) is 0 Å². The highest BCUT2D eigenvalue weighted by Crippen LogP contribution is 2.11. The van der Waals surface area contributed by atoms with E-state index in [1.54, 1.807) is 4.68 Å². The SMILES string of the molecule is CCCCn1[nH]c(CCC)c(Br)c1=O. The van der Waals surface area contributed by atoms with Crippen LogP contribution in [0.1, 0.15) is 38.8 Å². The van der Waals surface area contributed by atoms with Crippen LogP contribution in [0, 0.1) is 0 Å². The number of nitrogens with one attached hydrogen (secondary N) is 1. The van der Waals surface area contributed by atoms with Gasteiger partial charge in [0.1, 0.15) is 4.47 Å². The van der Waals surface area contributed by atoms with Crippen molar-refractivity contribution in [2.75, 3.05) is 0 Å². The van der Waals surface area contributed by atoms with Gasteiger partial charge in [-0.1, -0.05) is 26.7 Å². The summed E-state index contributed by atoms with van der Waals surface area (Å²) in [6.07, 6.45) is 4.12. The highest BCUT2D eigenvalue weighted by Gasteiger charge is 2.09. The van der Waals surface area contributed by atoms with Gasteiger partial charge in [-0.3, -0.25) is 14.6 Å². The lowest BCUT2D eigenvalue weighted by atomic mass is 10.3. The van der Waals surface area contributed by atoms with Gasteiger partial charge in [0.05, 0.1) is 5.69 Å². The highest BCUT2D eigenvalue weighted by molar-refractivity contribution is 9.10. The van der Waals surface area contributed by atoms with Crippen molar-refractivity contribution < 1.29 is 0 Å². The molecule has 1 aromatic heterocycles. The van der Waals surface area contributed by atoms with Gasteiger partial charge in [0.15, 0.2) is 0 Å². The summed E-state index contributed by atoms with van der Waals surface area (Å²) in [6.45, 7) is 5.02. The molecule has 3 nitrogen and oxygen atoms in total. The van der Waals surface area contributed by atoms with Gasteiger partial charge in [0.2, 0.25) is 0 Å². The zero-order valence-electron chi connectivity index (χ0n) is 8.77. The van der Waals surface area contributed by atoms with Crippen LogP contribution in [-0.4, -0.2) is 9.78 Å². The molecule has 0 bridgehead atoms. The van der Waals surface area contributed by atoms with Gasteiger partial charge in [-0.2, -0.15) is 0 Å². The summed E-state index contributed by atoms with van der Waals surface area (Å²) in [5.41, 5.74) is 1.09. The molecule has 0 fully saturated rings. The van der Waals surface area contributed by atoms with Crippen LogP contribution in [-0.2, 0) is 13.0 Å². The van der Waals surface area contributed by atoms with Gasteiger partial charge >= 0.3 is 0 Å². The summed E-state index contributed by atoms with van der Waals surface area (Å²) in [4.78, 5) is 11.7. The molecule has 1 rings (SSSR count). The molecule has 0 saturated heterocycles. The van der Waals surface area contributed by atoms with Crippen molar-refractivity contribution in [1.29, 1.82) is 0 Å². The summed E-state index contributed by atoms with van der Waals surface area (Å²) < 4.78 is 2.40. The van der Waals surface area contributed by atoms with Crippen LogP contribution in [0.4, 0.5) is 0 Å². The van der Waals surface area contributed by atoms with Crippen LogP contribution >= 0.6 is 15.9 Å². The number of hydrogen-bond donors (Lipinski definition) is 1. The van der Waals surface area contributed by atoms with Crippen LogP contribution < -0.4 is 5.56 Å². The second kappa shape index (κ2) is 5.39. The second-order valence-corrected chi connectivity index (χ2v) is 4.26. The lowest BCUT2D eigenvalue weighted by Gasteiger charge is -1.99. The molecule has 0 spiro atoms. The van der Waals surface area contributed by atoms with E-state index in [9.17, 15) is 4.79 Å². The van der Waals surface area contributed by atoms with Crippen molar-refractivity contribution in [3.8, 4) is 0 Å². The van der Waals surface area contributed by atoms with Crippen molar-refractivity contribution in [1.82, 2.24) is 9.78 Å². The fraction of sp³-hybridized carbons (Fsp3) is 0.700. The van der Waals surface area contributed by atoms with E-state index in [1.807, 2.05) is 0 Å². The number of unbranched alkanes of at least 4 members (excludes halogenated alkanes) is 1. The van der Waals surface area contributed by atoms with Gasteiger partial charge in [-0.25, -0.2) is 0 Å². The first-order chi connectivity index (χ1) is 6.70. The first-order valence-electron chi connectivity index (χ1n) is 5.17. The maximum atomic E-state index is 11.7. The minimum absolute atomic E-state index is 0.0712. The molecule has 0 radical (unpaired) electrons. The molecule has 0 aromatic carbocycles. The third-order valence-corrected chi connectivity index (χ3v) is 3.02. The lowest BCUT2D eigenvalue weighted by Crippen LogP contribution is -2.16. The fourth-order valence-electron chi connectivity index (χ4n) is 1.40. The molecule has 1 heterocycles. The van der Waals surface area contributed by atoms with Crippen molar-refractivity contribution in [3.63, 3.8) is 0 Å². The summed E-state index contributed by atoms with van der Waals surface area (Å²) in [6, 6.07) is 0. The van der Waals surface area contributed by atoms with E-state index in [2.05, 4.69) is 34.9 Å². The molecule has 0 saturated carbocycles. The molecule has 0 aliphatic carbocycles. The predicted octanol–water partition coefficient (Wildman–Crippen LogP) is 2.69. The Morgan fingerprint density at radius 2 is 2.07 bits per heavy atom. The zero-order valence-corrected chi connectivity index (χ0v) is 10.4. The normalized spacial score (nSPS) is 10.8. The van der Waals surface area contributed by atoms with E-state index in [-0.39, 0.29) is 5.56 Å². The van der Waals surface area contributed by atoms with Crippen LogP contribution in [0.2, 0.25) is 0 Å². The molecule has 1 N–H and O–H groups in total. The maximum Gasteiger partial charge on any atom is 0.281 e. The average Bonchev–Trinajstić information content (AvgIpc) is 2.44. The molecule has 80 valence electrons. The van der Waals surface area contributed by atoms with E-state index in [0.717, 1.165) is 37.9 Å². The van der Waals surface area contributed by atoms with E-state index in [1.165, 1.54) is 0 Å². The van der Waals surface area contributed by atoms with Gasteiger partial charge < -0.3 is 0 Å². The number of aromatic amines is 1. The predicted molar refractivity (Wildman–Crippen MR) is 61.7 cm³/mol. The summed E-state index contributed by atoms with van der Waals surface area (Å²) in [5, 5.41) is 3.14. The first-order valence-corrected chi connectivity index (χ1v) is 5.97. The van der Waals surface area contributed by atoms with Crippen LogP contribution in [0.5, 0.6) is 0 Å². The van der Waals surface area contributed by atoms with Crippen LogP contribution in [0.15, 0.2) is 9.27 Å². The van der Waals surface area contributed by atoms with E-state index < -0.39 is 0 Å². The van der Waals surface area contributed by atoms with Crippen molar-refractivity contribution in [2.45, 2.75) is 46.1 Å². The smallest absolute Gasteiger partial charge is 0.281 e. The van der Waals surface area contributed by atoms with Gasteiger partial charge in [-0.15, -0.1) is 0 Å². The third-order valence-electron chi connectivity index (χ3n) is 2.20. The lowest BCUT2D eigenvalue weighted by molar-refractivity contribution is 0.550. The third kappa shape index (κ3) is 2.50. The first kappa shape index (κ1) is 11.6. The molecule has 4 heteroatoms. The number of nitrogens with zero attached hydrogens (tertiary/aromatic N) is 1. The Bertz CT molecular complexity index is 340. The minimum atomic E-state index is 0.0712. The molecule has 0 amide bonds. The Kier molecular flexibility index (Phi) is 4.45. The summed E-state index contributed by atoms with van der Waals surface area (Å²) >= 11 is 3.33. The van der Waals surface area contributed by atoms with Crippen molar-refractivity contribution in [2.24, 2.45) is 0 Å².